The molecule has 4 heteroatoms. The molecule has 0 saturated carbocycles. The third kappa shape index (κ3) is 2.60. The Labute approximate surface area is 98.5 Å². The second-order valence-electron chi connectivity index (χ2n) is 3.66. The second kappa shape index (κ2) is 4.93. The van der Waals surface area contributed by atoms with Crippen molar-refractivity contribution in [2.45, 2.75) is 13.5 Å². The van der Waals surface area contributed by atoms with Crippen LogP contribution in [0.25, 0.3) is 0 Å². The minimum Gasteiger partial charge on any atom is -0.436 e. The van der Waals surface area contributed by atoms with Gasteiger partial charge in [-0.25, -0.2) is 9.37 Å². The van der Waals surface area contributed by atoms with Gasteiger partial charge in [-0.3, -0.25) is 0 Å². The van der Waals surface area contributed by atoms with E-state index in [1.54, 1.807) is 12.1 Å². The summed E-state index contributed by atoms with van der Waals surface area (Å²) in [6, 6.07) is 8.62. The number of hydrogen-bond donors (Lipinski definition) is 1. The quantitative estimate of drug-likeness (QED) is 0.886. The second-order valence-corrected chi connectivity index (χ2v) is 3.66. The highest BCUT2D eigenvalue weighted by Crippen LogP contribution is 2.24. The van der Waals surface area contributed by atoms with E-state index < -0.39 is 5.82 Å². The maximum absolute atomic E-state index is 13.7. The monoisotopic (exact) mass is 233 g/mol. The van der Waals surface area contributed by atoms with Crippen LogP contribution in [0.3, 0.4) is 0 Å². The first-order valence-corrected chi connectivity index (χ1v) is 5.19. The highest BCUT2D eigenvalue weighted by atomic mass is 19.1. The van der Waals surface area contributed by atoms with E-state index in [9.17, 15) is 4.39 Å². The highest BCUT2D eigenvalue weighted by Gasteiger charge is 2.10. The fourth-order valence-electron chi connectivity index (χ4n) is 1.37. The van der Waals surface area contributed by atoms with Gasteiger partial charge in [0.25, 0.3) is 5.88 Å². The van der Waals surface area contributed by atoms with Crippen LogP contribution >= 0.6 is 0 Å². The van der Waals surface area contributed by atoms with Crippen molar-refractivity contribution in [1.29, 1.82) is 0 Å². The van der Waals surface area contributed by atoms with E-state index in [0.29, 0.717) is 5.75 Å². The molecule has 17 heavy (non-hydrogen) atoms. The van der Waals surface area contributed by atoms with Gasteiger partial charge in [-0.05, 0) is 25.1 Å². The topological polar surface area (TPSA) is 42.4 Å². The molecule has 1 heterocycles. The number of hydrogen-bond acceptors (Lipinski definition) is 3. The van der Waals surface area contributed by atoms with Crippen LogP contribution in [0.1, 0.15) is 11.1 Å². The van der Waals surface area contributed by atoms with Gasteiger partial charge in [0.05, 0.1) is 6.61 Å². The molecular weight excluding hydrogens is 221 g/mol. The van der Waals surface area contributed by atoms with E-state index in [0.717, 1.165) is 5.56 Å². The lowest BCUT2D eigenvalue weighted by Gasteiger charge is -2.07. The summed E-state index contributed by atoms with van der Waals surface area (Å²) in [7, 11) is 0. The van der Waals surface area contributed by atoms with Crippen molar-refractivity contribution in [3.8, 4) is 11.6 Å². The molecule has 2 rings (SSSR count). The maximum Gasteiger partial charge on any atom is 0.256 e. The van der Waals surface area contributed by atoms with E-state index in [1.165, 1.54) is 12.3 Å². The van der Waals surface area contributed by atoms with Crippen LogP contribution in [0.15, 0.2) is 36.5 Å². The summed E-state index contributed by atoms with van der Waals surface area (Å²) in [4.78, 5) is 3.80. The average molecular weight is 233 g/mol. The molecule has 0 atom stereocenters. The summed E-state index contributed by atoms with van der Waals surface area (Å²) in [5, 5.41) is 8.92. The van der Waals surface area contributed by atoms with Crippen LogP contribution in [0.5, 0.6) is 11.6 Å². The van der Waals surface area contributed by atoms with Gasteiger partial charge >= 0.3 is 0 Å². The van der Waals surface area contributed by atoms with Crippen LogP contribution in [-0.2, 0) is 6.61 Å². The largest absolute Gasteiger partial charge is 0.436 e. The first-order chi connectivity index (χ1) is 8.20. The predicted molar refractivity (Wildman–Crippen MR) is 61.4 cm³/mol. The predicted octanol–water partition coefficient (Wildman–Crippen LogP) is 2.81. The summed E-state index contributed by atoms with van der Waals surface area (Å²) in [6.45, 7) is 1.58. The molecule has 1 aromatic carbocycles. The highest BCUT2D eigenvalue weighted by molar-refractivity contribution is 5.32. The smallest absolute Gasteiger partial charge is 0.256 e. The number of aromatic nitrogens is 1. The van der Waals surface area contributed by atoms with Crippen molar-refractivity contribution in [3.05, 3.63) is 53.5 Å². The lowest BCUT2D eigenvalue weighted by Crippen LogP contribution is -1.97. The van der Waals surface area contributed by atoms with Crippen LogP contribution in [0, 0.1) is 12.7 Å². The minimum absolute atomic E-state index is 0.125. The van der Waals surface area contributed by atoms with E-state index in [2.05, 4.69) is 4.98 Å². The van der Waals surface area contributed by atoms with Crippen LogP contribution < -0.4 is 4.74 Å². The molecular formula is C13H12FNO2. The molecule has 1 aromatic heterocycles. The fourth-order valence-corrected chi connectivity index (χ4v) is 1.37. The van der Waals surface area contributed by atoms with Crippen molar-refractivity contribution in [1.82, 2.24) is 4.98 Å². The van der Waals surface area contributed by atoms with Crippen LogP contribution in [0.4, 0.5) is 4.39 Å². The first-order valence-electron chi connectivity index (χ1n) is 5.19. The number of benzene rings is 1. The SMILES string of the molecule is Cc1ccc(Oc2nccc(CO)c2F)cc1. The molecule has 88 valence electrons. The molecule has 0 amide bonds. The van der Waals surface area contributed by atoms with Crippen molar-refractivity contribution < 1.29 is 14.2 Å². The molecule has 0 fully saturated rings. The summed E-state index contributed by atoms with van der Waals surface area (Å²) in [5.41, 5.74) is 1.26. The first kappa shape index (κ1) is 11.5. The van der Waals surface area contributed by atoms with Gasteiger partial charge in [0.2, 0.25) is 0 Å². The van der Waals surface area contributed by atoms with Crippen molar-refractivity contribution in [3.63, 3.8) is 0 Å². The van der Waals surface area contributed by atoms with Gasteiger partial charge in [0.15, 0.2) is 5.82 Å². The van der Waals surface area contributed by atoms with Gasteiger partial charge in [-0.2, -0.15) is 0 Å². The zero-order valence-corrected chi connectivity index (χ0v) is 9.35. The Bertz CT molecular complexity index is 511. The zero-order chi connectivity index (χ0) is 12.3. The number of halogens is 1. The molecule has 0 bridgehead atoms. The number of rotatable bonds is 3. The van der Waals surface area contributed by atoms with Gasteiger partial charge in [-0.1, -0.05) is 17.7 Å². The molecule has 0 radical (unpaired) electrons. The standard InChI is InChI=1S/C13H12FNO2/c1-9-2-4-11(5-3-9)17-13-12(14)10(8-16)6-7-15-13/h2-7,16H,8H2,1H3. The number of nitrogens with zero attached hydrogens (tertiary/aromatic N) is 1. The van der Waals surface area contributed by atoms with Gasteiger partial charge in [-0.15, -0.1) is 0 Å². The molecule has 3 nitrogen and oxygen atoms in total. The summed E-state index contributed by atoms with van der Waals surface area (Å²) >= 11 is 0. The fraction of sp³-hybridized carbons (Fsp3) is 0.154. The zero-order valence-electron chi connectivity index (χ0n) is 9.35. The van der Waals surface area contributed by atoms with Crippen LogP contribution in [-0.4, -0.2) is 10.1 Å². The van der Waals surface area contributed by atoms with Gasteiger partial charge in [0, 0.05) is 11.8 Å². The minimum atomic E-state index is -0.629. The number of ether oxygens (including phenoxy) is 1. The third-order valence-corrected chi connectivity index (χ3v) is 2.34. The van der Waals surface area contributed by atoms with E-state index in [1.807, 2.05) is 19.1 Å². The van der Waals surface area contributed by atoms with E-state index >= 15 is 0 Å². The number of aliphatic hydroxyl groups is 1. The number of pyridine rings is 1. The lowest BCUT2D eigenvalue weighted by atomic mass is 10.2. The molecule has 0 saturated heterocycles. The summed E-state index contributed by atoms with van der Waals surface area (Å²) in [5.74, 6) is -0.243. The maximum atomic E-state index is 13.7. The molecule has 0 aliphatic heterocycles. The van der Waals surface area contributed by atoms with Crippen molar-refractivity contribution in [2.75, 3.05) is 0 Å². The lowest BCUT2D eigenvalue weighted by molar-refractivity contribution is 0.273. The molecule has 0 aliphatic rings. The Morgan fingerprint density at radius 2 is 1.94 bits per heavy atom. The molecule has 0 aliphatic carbocycles. The molecule has 0 spiro atoms. The Morgan fingerprint density at radius 1 is 1.24 bits per heavy atom. The van der Waals surface area contributed by atoms with Crippen molar-refractivity contribution in [2.24, 2.45) is 0 Å². The summed E-state index contributed by atoms with van der Waals surface area (Å²) in [6.07, 6.45) is 1.40. The van der Waals surface area contributed by atoms with Crippen LogP contribution in [0.2, 0.25) is 0 Å². The Kier molecular flexibility index (Phi) is 3.35. The average Bonchev–Trinajstić information content (AvgIpc) is 2.35. The Hall–Kier alpha value is -1.94. The Balaban J connectivity index is 2.27. The van der Waals surface area contributed by atoms with E-state index in [-0.39, 0.29) is 18.1 Å². The summed E-state index contributed by atoms with van der Waals surface area (Å²) < 4.78 is 19.0. The van der Waals surface area contributed by atoms with E-state index in [4.69, 9.17) is 9.84 Å². The normalized spacial score (nSPS) is 10.3. The molecule has 1 N–H and O–H groups in total. The molecule has 2 aromatic rings. The number of aryl methyl sites for hydroxylation is 1. The van der Waals surface area contributed by atoms with Crippen molar-refractivity contribution >= 4 is 0 Å². The van der Waals surface area contributed by atoms with Gasteiger partial charge < -0.3 is 9.84 Å². The Morgan fingerprint density at radius 3 is 2.59 bits per heavy atom. The third-order valence-electron chi connectivity index (χ3n) is 2.34. The molecule has 0 unspecified atom stereocenters. The van der Waals surface area contributed by atoms with Gasteiger partial charge in [0.1, 0.15) is 5.75 Å². The number of aliphatic hydroxyl groups excluding tert-OH is 1.